The van der Waals surface area contributed by atoms with Crippen LogP contribution in [0.2, 0.25) is 0 Å². The van der Waals surface area contributed by atoms with Gasteiger partial charge in [-0.3, -0.25) is 19.2 Å². The second-order valence-corrected chi connectivity index (χ2v) is 6.70. The van der Waals surface area contributed by atoms with E-state index in [9.17, 15) is 24.3 Å². The molecule has 0 spiro atoms. The number of carbonyl (C=O) groups is 4. The Morgan fingerprint density at radius 2 is 1.50 bits per heavy atom. The minimum Gasteiger partial charge on any atom is -0.481 e. The van der Waals surface area contributed by atoms with Crippen molar-refractivity contribution >= 4 is 23.9 Å². The highest BCUT2D eigenvalue weighted by Crippen LogP contribution is 2.62. The summed E-state index contributed by atoms with van der Waals surface area (Å²) in [5, 5.41) is 34.2. The van der Waals surface area contributed by atoms with Crippen molar-refractivity contribution in [1.82, 2.24) is 0 Å². The van der Waals surface area contributed by atoms with Crippen LogP contribution in [-0.4, -0.2) is 44.3 Å². The Morgan fingerprint density at radius 3 is 1.79 bits per heavy atom. The monoisotopic (exact) mass is 344 g/mol. The minimum absolute atomic E-state index is 0.0632. The number of rotatable bonds is 7. The van der Waals surface area contributed by atoms with E-state index < -0.39 is 35.2 Å². The summed E-state index contributed by atoms with van der Waals surface area (Å²) in [6.45, 7) is 2.10. The zero-order chi connectivity index (χ0) is 18.5. The number of carboxylic acids is 4. The standard InChI is InChI=1S/C11H16O4.C5H8O4/c1-6-2-3-7(4-6)11(10(14)15)5-8(11)9(12)13;6-4(7)2-1-3-5(8)9/h6-8H,2-5H2,1H3,(H,12,13)(H,14,15);1-3H2,(H,6,7)(H,8,9). The average molecular weight is 344 g/mol. The normalized spacial score (nSPS) is 30.8. The molecule has 8 nitrogen and oxygen atoms in total. The molecule has 0 amide bonds. The largest absolute Gasteiger partial charge is 0.481 e. The first-order chi connectivity index (χ1) is 11.1. The molecule has 0 aliphatic heterocycles. The molecule has 8 heteroatoms. The first kappa shape index (κ1) is 19.9. The molecular weight excluding hydrogens is 320 g/mol. The van der Waals surface area contributed by atoms with E-state index >= 15 is 0 Å². The molecule has 0 aromatic rings. The Hall–Kier alpha value is -2.12. The minimum atomic E-state index is -0.948. The molecule has 0 aromatic carbocycles. The van der Waals surface area contributed by atoms with Crippen LogP contribution in [0.15, 0.2) is 0 Å². The van der Waals surface area contributed by atoms with Gasteiger partial charge in [0.25, 0.3) is 0 Å². The Bertz CT molecular complexity index is 500. The van der Waals surface area contributed by atoms with Crippen molar-refractivity contribution in [2.24, 2.45) is 23.2 Å². The summed E-state index contributed by atoms with van der Waals surface area (Å²) >= 11 is 0. The fourth-order valence-corrected chi connectivity index (χ4v) is 3.51. The molecule has 0 saturated heterocycles. The molecule has 2 saturated carbocycles. The smallest absolute Gasteiger partial charge is 0.310 e. The van der Waals surface area contributed by atoms with Crippen molar-refractivity contribution in [2.45, 2.75) is 51.9 Å². The highest BCUT2D eigenvalue weighted by atomic mass is 16.4. The van der Waals surface area contributed by atoms with Crippen LogP contribution in [0.3, 0.4) is 0 Å². The number of aliphatic carboxylic acids is 4. The lowest BCUT2D eigenvalue weighted by Crippen LogP contribution is -2.28. The highest BCUT2D eigenvalue weighted by Gasteiger charge is 2.68. The number of carboxylic acid groups (broad SMARTS) is 4. The molecule has 4 N–H and O–H groups in total. The van der Waals surface area contributed by atoms with Crippen LogP contribution >= 0.6 is 0 Å². The first-order valence-electron chi connectivity index (χ1n) is 8.01. The third-order valence-electron chi connectivity index (χ3n) is 4.90. The van der Waals surface area contributed by atoms with Gasteiger partial charge < -0.3 is 20.4 Å². The Kier molecular flexibility index (Phi) is 6.74. The van der Waals surface area contributed by atoms with Gasteiger partial charge in [0.15, 0.2) is 0 Å². The van der Waals surface area contributed by atoms with Crippen LogP contribution < -0.4 is 0 Å². The van der Waals surface area contributed by atoms with Crippen molar-refractivity contribution in [3.8, 4) is 0 Å². The third kappa shape index (κ3) is 4.94. The van der Waals surface area contributed by atoms with Gasteiger partial charge in [0.1, 0.15) is 0 Å². The molecule has 2 rings (SSSR count). The molecule has 0 aromatic heterocycles. The second kappa shape index (κ2) is 8.12. The average Bonchev–Trinajstić information content (AvgIpc) is 3.09. The molecule has 0 bridgehead atoms. The summed E-state index contributed by atoms with van der Waals surface area (Å²) in [4.78, 5) is 41.7. The topological polar surface area (TPSA) is 149 Å². The Morgan fingerprint density at radius 1 is 0.958 bits per heavy atom. The van der Waals surface area contributed by atoms with Gasteiger partial charge in [-0.25, -0.2) is 0 Å². The maximum Gasteiger partial charge on any atom is 0.310 e. The van der Waals surface area contributed by atoms with E-state index in [-0.39, 0.29) is 25.2 Å². The quantitative estimate of drug-likeness (QED) is 0.547. The summed E-state index contributed by atoms with van der Waals surface area (Å²) in [6, 6.07) is 0. The van der Waals surface area contributed by atoms with Gasteiger partial charge in [-0.1, -0.05) is 13.3 Å². The van der Waals surface area contributed by atoms with Crippen LogP contribution in [0.1, 0.15) is 51.9 Å². The highest BCUT2D eigenvalue weighted by molar-refractivity contribution is 5.89. The van der Waals surface area contributed by atoms with Crippen LogP contribution in [0.5, 0.6) is 0 Å². The fourth-order valence-electron chi connectivity index (χ4n) is 3.51. The lowest BCUT2D eigenvalue weighted by Gasteiger charge is -2.19. The van der Waals surface area contributed by atoms with Gasteiger partial charge in [-0.15, -0.1) is 0 Å². The summed E-state index contributed by atoms with van der Waals surface area (Å²) < 4.78 is 0. The molecule has 0 heterocycles. The maximum atomic E-state index is 11.2. The predicted octanol–water partition coefficient (Wildman–Crippen LogP) is 1.92. The van der Waals surface area contributed by atoms with E-state index in [1.807, 2.05) is 0 Å². The zero-order valence-electron chi connectivity index (χ0n) is 13.6. The van der Waals surface area contributed by atoms with E-state index in [1.165, 1.54) is 0 Å². The molecular formula is C16H24O8. The van der Waals surface area contributed by atoms with E-state index in [0.29, 0.717) is 12.3 Å². The molecule has 4 atom stereocenters. The Labute approximate surface area is 139 Å². The van der Waals surface area contributed by atoms with Gasteiger partial charge in [-0.2, -0.15) is 0 Å². The number of hydrogen-bond acceptors (Lipinski definition) is 4. The predicted molar refractivity (Wildman–Crippen MR) is 81.4 cm³/mol. The maximum absolute atomic E-state index is 11.2. The summed E-state index contributed by atoms with van der Waals surface area (Å²) in [5.74, 6) is -3.78. The van der Waals surface area contributed by atoms with E-state index in [2.05, 4.69) is 6.92 Å². The van der Waals surface area contributed by atoms with Gasteiger partial charge in [0.2, 0.25) is 0 Å². The van der Waals surface area contributed by atoms with Crippen LogP contribution in [0.4, 0.5) is 0 Å². The lowest BCUT2D eigenvalue weighted by molar-refractivity contribution is -0.151. The van der Waals surface area contributed by atoms with E-state index in [0.717, 1.165) is 19.3 Å². The van der Waals surface area contributed by atoms with Crippen molar-refractivity contribution < 1.29 is 39.6 Å². The second-order valence-electron chi connectivity index (χ2n) is 6.70. The summed E-state index contributed by atoms with van der Waals surface area (Å²) in [6.07, 6.45) is 3.19. The van der Waals surface area contributed by atoms with Crippen molar-refractivity contribution in [2.75, 3.05) is 0 Å². The summed E-state index contributed by atoms with van der Waals surface area (Å²) in [5.41, 5.74) is -0.934. The van der Waals surface area contributed by atoms with Crippen LogP contribution in [-0.2, 0) is 19.2 Å². The van der Waals surface area contributed by atoms with E-state index in [1.54, 1.807) is 0 Å². The molecule has 2 aliphatic carbocycles. The van der Waals surface area contributed by atoms with Crippen LogP contribution in [0.25, 0.3) is 0 Å². The molecule has 0 radical (unpaired) electrons. The number of hydrogen-bond donors (Lipinski definition) is 4. The summed E-state index contributed by atoms with van der Waals surface area (Å²) in [7, 11) is 0. The molecule has 2 fully saturated rings. The molecule has 4 unspecified atom stereocenters. The SMILES string of the molecule is CC1CCC(C2(C(=O)O)CC2C(=O)O)C1.O=C(O)CCCC(=O)O. The fraction of sp³-hybridized carbons (Fsp3) is 0.750. The van der Waals surface area contributed by atoms with E-state index in [4.69, 9.17) is 15.3 Å². The van der Waals surface area contributed by atoms with Crippen molar-refractivity contribution in [1.29, 1.82) is 0 Å². The van der Waals surface area contributed by atoms with Crippen LogP contribution in [0, 0.1) is 23.2 Å². The molecule has 2 aliphatic rings. The first-order valence-corrected chi connectivity index (χ1v) is 8.01. The van der Waals surface area contributed by atoms with Gasteiger partial charge in [0, 0.05) is 12.8 Å². The van der Waals surface area contributed by atoms with Gasteiger partial charge in [0.05, 0.1) is 11.3 Å². The zero-order valence-corrected chi connectivity index (χ0v) is 13.6. The van der Waals surface area contributed by atoms with Crippen molar-refractivity contribution in [3.05, 3.63) is 0 Å². The third-order valence-corrected chi connectivity index (χ3v) is 4.90. The van der Waals surface area contributed by atoms with Crippen molar-refractivity contribution in [3.63, 3.8) is 0 Å². The van der Waals surface area contributed by atoms with Gasteiger partial charge >= 0.3 is 23.9 Å². The van der Waals surface area contributed by atoms with Gasteiger partial charge in [-0.05, 0) is 37.5 Å². The molecule has 24 heavy (non-hydrogen) atoms. The Balaban J connectivity index is 0.000000277. The molecule has 136 valence electrons. The lowest BCUT2D eigenvalue weighted by atomic mass is 9.85.